The SMILES string of the molecule is CCCC(NCc1cccc(OC)c1OCc1ccccc1Cl)c1ccccc1.Cl. The van der Waals surface area contributed by atoms with Gasteiger partial charge in [-0.05, 0) is 24.1 Å². The molecule has 0 aliphatic rings. The third kappa shape index (κ3) is 6.40. The Morgan fingerprint density at radius 2 is 1.60 bits per heavy atom. The summed E-state index contributed by atoms with van der Waals surface area (Å²) in [5.41, 5.74) is 3.32. The highest BCUT2D eigenvalue weighted by molar-refractivity contribution is 6.31. The van der Waals surface area contributed by atoms with Crippen molar-refractivity contribution in [1.29, 1.82) is 0 Å². The Bertz CT molecular complexity index is 903. The van der Waals surface area contributed by atoms with E-state index in [1.807, 2.05) is 36.4 Å². The van der Waals surface area contributed by atoms with Crippen LogP contribution in [0.1, 0.15) is 42.5 Å². The number of benzene rings is 3. The van der Waals surface area contributed by atoms with Gasteiger partial charge in [-0.3, -0.25) is 0 Å². The monoisotopic (exact) mass is 445 g/mol. The predicted molar refractivity (Wildman–Crippen MR) is 127 cm³/mol. The van der Waals surface area contributed by atoms with Crippen molar-refractivity contribution in [2.24, 2.45) is 0 Å². The van der Waals surface area contributed by atoms with Crippen molar-refractivity contribution in [1.82, 2.24) is 5.32 Å². The minimum Gasteiger partial charge on any atom is -0.493 e. The Hall–Kier alpha value is -2.20. The van der Waals surface area contributed by atoms with Crippen molar-refractivity contribution in [3.05, 3.63) is 94.5 Å². The van der Waals surface area contributed by atoms with Crippen LogP contribution in [0, 0.1) is 0 Å². The highest BCUT2D eigenvalue weighted by Crippen LogP contribution is 2.33. The lowest BCUT2D eigenvalue weighted by atomic mass is 10.0. The zero-order valence-corrected chi connectivity index (χ0v) is 19.0. The number of halogens is 2. The lowest BCUT2D eigenvalue weighted by molar-refractivity contribution is 0.280. The molecule has 0 saturated heterocycles. The summed E-state index contributed by atoms with van der Waals surface area (Å²) in [6.07, 6.45) is 2.18. The number of para-hydroxylation sites is 1. The molecule has 0 aliphatic heterocycles. The lowest BCUT2D eigenvalue weighted by Gasteiger charge is -2.21. The van der Waals surface area contributed by atoms with Crippen LogP contribution in [-0.2, 0) is 13.2 Å². The summed E-state index contributed by atoms with van der Waals surface area (Å²) in [4.78, 5) is 0. The minimum absolute atomic E-state index is 0. The average molecular weight is 446 g/mol. The van der Waals surface area contributed by atoms with Gasteiger partial charge in [0, 0.05) is 28.7 Å². The van der Waals surface area contributed by atoms with Crippen LogP contribution in [0.4, 0.5) is 0 Å². The van der Waals surface area contributed by atoms with E-state index in [0.717, 1.165) is 35.5 Å². The number of nitrogens with one attached hydrogen (secondary N) is 1. The maximum Gasteiger partial charge on any atom is 0.166 e. The molecule has 3 aromatic carbocycles. The van der Waals surface area contributed by atoms with Gasteiger partial charge in [0.15, 0.2) is 11.5 Å². The molecule has 3 nitrogen and oxygen atoms in total. The second kappa shape index (κ2) is 12.5. The fourth-order valence-electron chi connectivity index (χ4n) is 3.38. The summed E-state index contributed by atoms with van der Waals surface area (Å²) in [6, 6.07) is 24.6. The van der Waals surface area contributed by atoms with Crippen LogP contribution < -0.4 is 14.8 Å². The molecule has 0 aliphatic carbocycles. The Morgan fingerprint density at radius 3 is 2.30 bits per heavy atom. The van der Waals surface area contributed by atoms with Crippen LogP contribution in [0.15, 0.2) is 72.8 Å². The smallest absolute Gasteiger partial charge is 0.166 e. The Balaban J connectivity index is 0.00000320. The largest absolute Gasteiger partial charge is 0.493 e. The van der Waals surface area contributed by atoms with Gasteiger partial charge in [0.25, 0.3) is 0 Å². The third-order valence-corrected chi connectivity index (χ3v) is 5.30. The van der Waals surface area contributed by atoms with E-state index in [4.69, 9.17) is 21.1 Å². The molecule has 0 fully saturated rings. The molecule has 0 heterocycles. The van der Waals surface area contributed by atoms with E-state index in [2.05, 4.69) is 48.6 Å². The molecule has 30 heavy (non-hydrogen) atoms. The number of ether oxygens (including phenoxy) is 2. The van der Waals surface area contributed by atoms with Gasteiger partial charge in [0.2, 0.25) is 0 Å². The topological polar surface area (TPSA) is 30.5 Å². The molecule has 3 rings (SSSR count). The van der Waals surface area contributed by atoms with E-state index in [0.29, 0.717) is 24.2 Å². The van der Waals surface area contributed by atoms with E-state index >= 15 is 0 Å². The first-order valence-electron chi connectivity index (χ1n) is 10.0. The van der Waals surface area contributed by atoms with Gasteiger partial charge in [-0.15, -0.1) is 12.4 Å². The molecule has 160 valence electrons. The molecule has 1 unspecified atom stereocenters. The standard InChI is InChI=1S/C25H28ClNO2.ClH/c1-3-10-23(19-11-5-4-6-12-19)27-17-20-14-9-16-24(28-2)25(20)29-18-21-13-7-8-15-22(21)26;/h4-9,11-16,23,27H,3,10,17-18H2,1-2H3;1H. The van der Waals surface area contributed by atoms with Crippen molar-refractivity contribution >= 4 is 24.0 Å². The fourth-order valence-corrected chi connectivity index (χ4v) is 3.57. The molecule has 0 radical (unpaired) electrons. The van der Waals surface area contributed by atoms with Crippen molar-refractivity contribution in [2.45, 2.75) is 39.0 Å². The van der Waals surface area contributed by atoms with Crippen LogP contribution in [-0.4, -0.2) is 7.11 Å². The molecule has 5 heteroatoms. The van der Waals surface area contributed by atoms with Crippen LogP contribution in [0.3, 0.4) is 0 Å². The van der Waals surface area contributed by atoms with Gasteiger partial charge >= 0.3 is 0 Å². The number of hydrogen-bond donors (Lipinski definition) is 1. The predicted octanol–water partition coefficient (Wildman–Crippen LogP) is 6.98. The summed E-state index contributed by atoms with van der Waals surface area (Å²) < 4.78 is 11.7. The van der Waals surface area contributed by atoms with Crippen molar-refractivity contribution in [3.63, 3.8) is 0 Å². The highest BCUT2D eigenvalue weighted by atomic mass is 35.5. The Kier molecular flexibility index (Phi) is 10.0. The first kappa shape index (κ1) is 24.1. The van der Waals surface area contributed by atoms with Gasteiger partial charge < -0.3 is 14.8 Å². The van der Waals surface area contributed by atoms with E-state index < -0.39 is 0 Å². The fraction of sp³-hybridized carbons (Fsp3) is 0.280. The van der Waals surface area contributed by atoms with E-state index in [1.165, 1.54) is 5.56 Å². The lowest BCUT2D eigenvalue weighted by Crippen LogP contribution is -2.21. The van der Waals surface area contributed by atoms with Gasteiger partial charge in [0.1, 0.15) is 6.61 Å². The molecular formula is C25H29Cl2NO2. The zero-order chi connectivity index (χ0) is 20.5. The Morgan fingerprint density at radius 1 is 0.900 bits per heavy atom. The van der Waals surface area contributed by atoms with Crippen molar-refractivity contribution < 1.29 is 9.47 Å². The van der Waals surface area contributed by atoms with Crippen LogP contribution in [0.5, 0.6) is 11.5 Å². The average Bonchev–Trinajstić information content (AvgIpc) is 2.77. The minimum atomic E-state index is 0. The molecule has 0 bridgehead atoms. The van der Waals surface area contributed by atoms with E-state index in [-0.39, 0.29) is 12.4 Å². The van der Waals surface area contributed by atoms with Crippen molar-refractivity contribution in [3.8, 4) is 11.5 Å². The molecule has 0 aromatic heterocycles. The summed E-state index contributed by atoms with van der Waals surface area (Å²) in [5, 5.41) is 4.40. The maximum absolute atomic E-state index is 6.29. The van der Waals surface area contributed by atoms with Crippen LogP contribution >= 0.6 is 24.0 Å². The van der Waals surface area contributed by atoms with Crippen LogP contribution in [0.25, 0.3) is 0 Å². The molecular weight excluding hydrogens is 417 g/mol. The van der Waals surface area contributed by atoms with E-state index in [9.17, 15) is 0 Å². The molecule has 1 atom stereocenters. The number of hydrogen-bond acceptors (Lipinski definition) is 3. The first-order valence-corrected chi connectivity index (χ1v) is 10.4. The van der Waals surface area contributed by atoms with Gasteiger partial charge in [-0.2, -0.15) is 0 Å². The summed E-state index contributed by atoms with van der Waals surface area (Å²) in [6.45, 7) is 3.29. The van der Waals surface area contributed by atoms with Gasteiger partial charge in [0.05, 0.1) is 7.11 Å². The molecule has 0 spiro atoms. The van der Waals surface area contributed by atoms with Crippen LogP contribution in [0.2, 0.25) is 5.02 Å². The summed E-state index contributed by atoms with van der Waals surface area (Å²) in [7, 11) is 1.67. The quantitative estimate of drug-likeness (QED) is 0.364. The molecule has 3 aromatic rings. The Labute approximate surface area is 190 Å². The van der Waals surface area contributed by atoms with E-state index in [1.54, 1.807) is 7.11 Å². The number of rotatable bonds is 10. The first-order chi connectivity index (χ1) is 14.2. The normalized spacial score (nSPS) is 11.4. The van der Waals surface area contributed by atoms with Gasteiger partial charge in [-0.25, -0.2) is 0 Å². The molecule has 0 saturated carbocycles. The second-order valence-corrected chi connectivity index (χ2v) is 7.37. The van der Waals surface area contributed by atoms with Crippen molar-refractivity contribution in [2.75, 3.05) is 7.11 Å². The molecule has 0 amide bonds. The second-order valence-electron chi connectivity index (χ2n) is 6.96. The maximum atomic E-state index is 6.29. The number of methoxy groups -OCH3 is 1. The molecule has 1 N–H and O–H groups in total. The highest BCUT2D eigenvalue weighted by Gasteiger charge is 2.15. The summed E-state index contributed by atoms with van der Waals surface area (Å²) >= 11 is 6.29. The van der Waals surface area contributed by atoms with Gasteiger partial charge in [-0.1, -0.05) is 85.6 Å². The summed E-state index contributed by atoms with van der Waals surface area (Å²) in [5.74, 6) is 1.48. The zero-order valence-electron chi connectivity index (χ0n) is 17.4. The third-order valence-electron chi connectivity index (χ3n) is 4.93.